The van der Waals surface area contributed by atoms with Crippen molar-refractivity contribution in [2.75, 3.05) is 0 Å². The van der Waals surface area contributed by atoms with E-state index >= 15 is 0 Å². The van der Waals surface area contributed by atoms with Crippen LogP contribution in [0.5, 0.6) is 0 Å². The van der Waals surface area contributed by atoms with Crippen LogP contribution in [0.1, 0.15) is 35.5 Å². The molecule has 0 bridgehead atoms. The van der Waals surface area contributed by atoms with E-state index in [-0.39, 0.29) is 0 Å². The van der Waals surface area contributed by atoms with Crippen molar-refractivity contribution in [2.45, 2.75) is 25.9 Å². The Bertz CT molecular complexity index is 534. The molecule has 1 N–H and O–H groups in total. The molecule has 18 heavy (non-hydrogen) atoms. The molecule has 2 aromatic heterocycles. The molecular weight excluding hydrogens is 242 g/mol. The van der Waals surface area contributed by atoms with Crippen LogP contribution in [-0.2, 0) is 13.6 Å². The van der Waals surface area contributed by atoms with Gasteiger partial charge in [-0.1, -0.05) is 13.0 Å². The maximum Gasteiger partial charge on any atom is 0.120 e. The molecule has 0 aliphatic rings. The van der Waals surface area contributed by atoms with Crippen LogP contribution in [0.25, 0.3) is 0 Å². The third-order valence-corrected chi connectivity index (χ3v) is 4.01. The molecule has 1 unspecified atom stereocenters. The van der Waals surface area contributed by atoms with E-state index in [4.69, 9.17) is 5.26 Å². The molecule has 2 aromatic rings. The normalized spacial score (nSPS) is 12.3. The number of hydrogen-bond donors (Lipinski definition) is 1. The van der Waals surface area contributed by atoms with Crippen molar-refractivity contribution in [3.8, 4) is 6.07 Å². The average molecular weight is 259 g/mol. The Morgan fingerprint density at radius 2 is 2.39 bits per heavy atom. The van der Waals surface area contributed by atoms with Crippen molar-refractivity contribution in [3.05, 3.63) is 45.9 Å². The molecule has 2 heterocycles. The van der Waals surface area contributed by atoms with E-state index in [1.807, 2.05) is 23.9 Å². The summed E-state index contributed by atoms with van der Waals surface area (Å²) in [5.74, 6) is 0. The van der Waals surface area contributed by atoms with Gasteiger partial charge in [0.15, 0.2) is 0 Å². The SMILES string of the molecule is CCC(NCc1cc(C#N)n(C)c1)c1cccs1. The molecule has 1 atom stereocenters. The minimum absolute atomic E-state index is 0.399. The zero-order valence-electron chi connectivity index (χ0n) is 10.7. The van der Waals surface area contributed by atoms with Crippen LogP contribution in [0, 0.1) is 11.3 Å². The number of aromatic nitrogens is 1. The van der Waals surface area contributed by atoms with Gasteiger partial charge in [0.25, 0.3) is 0 Å². The van der Waals surface area contributed by atoms with Gasteiger partial charge in [0.1, 0.15) is 11.8 Å². The fraction of sp³-hybridized carbons (Fsp3) is 0.357. The van der Waals surface area contributed by atoms with Crippen LogP contribution in [0.2, 0.25) is 0 Å². The third-order valence-electron chi connectivity index (χ3n) is 3.02. The molecule has 0 aliphatic carbocycles. The Morgan fingerprint density at radius 3 is 2.94 bits per heavy atom. The Labute approximate surface area is 112 Å². The first-order chi connectivity index (χ1) is 8.74. The number of nitriles is 1. The Balaban J connectivity index is 2.00. The first-order valence-electron chi connectivity index (χ1n) is 6.06. The summed E-state index contributed by atoms with van der Waals surface area (Å²) >= 11 is 1.78. The predicted octanol–water partition coefficient (Wildman–Crippen LogP) is 3.20. The number of nitrogens with zero attached hydrogens (tertiary/aromatic N) is 2. The van der Waals surface area contributed by atoms with Gasteiger partial charge in [0.05, 0.1) is 0 Å². The van der Waals surface area contributed by atoms with E-state index in [2.05, 4.69) is 35.8 Å². The molecular formula is C14H17N3S. The monoisotopic (exact) mass is 259 g/mol. The third kappa shape index (κ3) is 2.81. The Kier molecular flexibility index (Phi) is 4.19. The zero-order chi connectivity index (χ0) is 13.0. The van der Waals surface area contributed by atoms with Crippen LogP contribution in [0.3, 0.4) is 0 Å². The Hall–Kier alpha value is -1.57. The number of hydrogen-bond acceptors (Lipinski definition) is 3. The Morgan fingerprint density at radius 1 is 1.56 bits per heavy atom. The van der Waals surface area contributed by atoms with Crippen molar-refractivity contribution in [3.63, 3.8) is 0 Å². The van der Waals surface area contributed by atoms with Gasteiger partial charge in [0.2, 0.25) is 0 Å². The highest BCUT2D eigenvalue weighted by molar-refractivity contribution is 7.10. The van der Waals surface area contributed by atoms with Crippen molar-refractivity contribution in [1.29, 1.82) is 5.26 Å². The van der Waals surface area contributed by atoms with Crippen molar-refractivity contribution in [2.24, 2.45) is 7.05 Å². The summed E-state index contributed by atoms with van der Waals surface area (Å²) in [5, 5.41) is 14.6. The summed E-state index contributed by atoms with van der Waals surface area (Å²) in [5.41, 5.74) is 1.86. The smallest absolute Gasteiger partial charge is 0.120 e. The van der Waals surface area contributed by atoms with Crippen molar-refractivity contribution < 1.29 is 0 Å². The van der Waals surface area contributed by atoms with E-state index in [1.54, 1.807) is 11.3 Å². The van der Waals surface area contributed by atoms with Gasteiger partial charge in [-0.05, 0) is 29.5 Å². The topological polar surface area (TPSA) is 40.8 Å². The summed E-state index contributed by atoms with van der Waals surface area (Å²) in [6.45, 7) is 2.98. The van der Waals surface area contributed by atoms with Crippen LogP contribution in [-0.4, -0.2) is 4.57 Å². The summed E-state index contributed by atoms with van der Waals surface area (Å²) < 4.78 is 1.86. The molecule has 0 fully saturated rings. The van der Waals surface area contributed by atoms with Gasteiger partial charge < -0.3 is 9.88 Å². The number of rotatable bonds is 5. The van der Waals surface area contributed by atoms with Gasteiger partial charge in [0, 0.05) is 30.7 Å². The lowest BCUT2D eigenvalue weighted by Crippen LogP contribution is -2.19. The van der Waals surface area contributed by atoms with E-state index in [1.165, 1.54) is 4.88 Å². The van der Waals surface area contributed by atoms with Crippen LogP contribution < -0.4 is 5.32 Å². The second-order valence-electron chi connectivity index (χ2n) is 4.31. The molecule has 0 aliphatic heterocycles. The van der Waals surface area contributed by atoms with Gasteiger partial charge in [-0.15, -0.1) is 11.3 Å². The molecule has 94 valence electrons. The minimum atomic E-state index is 0.399. The molecule has 0 aromatic carbocycles. The molecule has 3 nitrogen and oxygen atoms in total. The summed E-state index contributed by atoms with van der Waals surface area (Å²) in [7, 11) is 1.90. The van der Waals surface area contributed by atoms with Crippen LogP contribution >= 0.6 is 11.3 Å². The number of thiophene rings is 1. The van der Waals surface area contributed by atoms with Crippen molar-refractivity contribution in [1.82, 2.24) is 9.88 Å². The summed E-state index contributed by atoms with van der Waals surface area (Å²) in [4.78, 5) is 1.37. The van der Waals surface area contributed by atoms with E-state index < -0.39 is 0 Å². The average Bonchev–Trinajstić information content (AvgIpc) is 3.00. The molecule has 0 radical (unpaired) electrons. The largest absolute Gasteiger partial charge is 0.342 e. The zero-order valence-corrected chi connectivity index (χ0v) is 11.5. The summed E-state index contributed by atoms with van der Waals surface area (Å²) in [6, 6.07) is 8.77. The number of nitrogens with one attached hydrogen (secondary N) is 1. The highest BCUT2D eigenvalue weighted by atomic mass is 32.1. The lowest BCUT2D eigenvalue weighted by Gasteiger charge is -2.14. The maximum atomic E-state index is 8.92. The lowest BCUT2D eigenvalue weighted by molar-refractivity contribution is 0.526. The van der Waals surface area contributed by atoms with Gasteiger partial charge in [-0.2, -0.15) is 5.26 Å². The lowest BCUT2D eigenvalue weighted by atomic mass is 10.2. The second-order valence-corrected chi connectivity index (χ2v) is 5.29. The molecule has 0 saturated heterocycles. The highest BCUT2D eigenvalue weighted by Crippen LogP contribution is 2.22. The van der Waals surface area contributed by atoms with E-state index in [0.29, 0.717) is 11.7 Å². The standard InChI is InChI=1S/C14H17N3S/c1-3-13(14-5-4-6-18-14)16-9-11-7-12(8-15)17(2)10-11/h4-7,10,13,16H,3,9H2,1-2H3. The van der Waals surface area contributed by atoms with Crippen LogP contribution in [0.15, 0.2) is 29.8 Å². The molecule has 0 amide bonds. The van der Waals surface area contributed by atoms with Gasteiger partial charge in [-0.25, -0.2) is 0 Å². The molecule has 0 spiro atoms. The molecule has 4 heteroatoms. The van der Waals surface area contributed by atoms with E-state index in [0.717, 1.165) is 18.5 Å². The molecule has 2 rings (SSSR count). The minimum Gasteiger partial charge on any atom is -0.342 e. The predicted molar refractivity (Wildman–Crippen MR) is 74.3 cm³/mol. The van der Waals surface area contributed by atoms with Crippen LogP contribution in [0.4, 0.5) is 0 Å². The number of aryl methyl sites for hydroxylation is 1. The fourth-order valence-corrected chi connectivity index (χ4v) is 2.90. The first-order valence-corrected chi connectivity index (χ1v) is 6.94. The first kappa shape index (κ1) is 12.9. The molecule has 0 saturated carbocycles. The summed E-state index contributed by atoms with van der Waals surface area (Å²) in [6.07, 6.45) is 3.07. The maximum absolute atomic E-state index is 8.92. The quantitative estimate of drug-likeness (QED) is 0.895. The van der Waals surface area contributed by atoms with Gasteiger partial charge in [-0.3, -0.25) is 0 Å². The van der Waals surface area contributed by atoms with Crippen molar-refractivity contribution >= 4 is 11.3 Å². The fourth-order valence-electron chi connectivity index (χ4n) is 2.02. The van der Waals surface area contributed by atoms with E-state index in [9.17, 15) is 0 Å². The second kappa shape index (κ2) is 5.85. The van der Waals surface area contributed by atoms with Gasteiger partial charge >= 0.3 is 0 Å². The highest BCUT2D eigenvalue weighted by Gasteiger charge is 2.10.